The lowest BCUT2D eigenvalue weighted by Gasteiger charge is -2.25. The summed E-state index contributed by atoms with van der Waals surface area (Å²) >= 11 is 0.760. The van der Waals surface area contributed by atoms with E-state index in [2.05, 4.69) is 10.2 Å². The fourth-order valence-electron chi connectivity index (χ4n) is 2.56. The van der Waals surface area contributed by atoms with Gasteiger partial charge in [-0.15, -0.1) is 10.2 Å². The standard InChI is InChI=1S/C15H17F2N3O3S2/c16-13(17)10-24-15-19-18-14(23-15)11-5-4-6-12(9-11)25(21,22)20-7-2-1-3-8-20/h4-6,9,13H,1-3,7-8,10H2. The summed E-state index contributed by atoms with van der Waals surface area (Å²) in [4.78, 5) is 0.159. The molecular weight excluding hydrogens is 372 g/mol. The summed E-state index contributed by atoms with van der Waals surface area (Å²) in [6.07, 6.45) is 0.270. The van der Waals surface area contributed by atoms with Crippen molar-refractivity contribution in [1.82, 2.24) is 14.5 Å². The van der Waals surface area contributed by atoms with E-state index in [9.17, 15) is 17.2 Å². The molecular formula is C15H17F2N3O3S2. The van der Waals surface area contributed by atoms with Crippen LogP contribution in [0.5, 0.6) is 0 Å². The molecule has 1 aliphatic heterocycles. The van der Waals surface area contributed by atoms with E-state index in [1.165, 1.54) is 16.4 Å². The number of halogens is 2. The Balaban J connectivity index is 1.82. The number of hydrogen-bond donors (Lipinski definition) is 0. The predicted molar refractivity (Wildman–Crippen MR) is 89.1 cm³/mol. The Labute approximate surface area is 148 Å². The van der Waals surface area contributed by atoms with Crippen molar-refractivity contribution in [2.24, 2.45) is 0 Å². The molecule has 10 heteroatoms. The molecule has 0 N–H and O–H groups in total. The first kappa shape index (κ1) is 18.3. The first-order chi connectivity index (χ1) is 12.0. The molecule has 2 heterocycles. The van der Waals surface area contributed by atoms with Crippen molar-refractivity contribution in [2.45, 2.75) is 35.8 Å². The Morgan fingerprint density at radius 2 is 1.96 bits per heavy atom. The maximum atomic E-state index is 12.7. The summed E-state index contributed by atoms with van der Waals surface area (Å²) in [5, 5.41) is 7.54. The van der Waals surface area contributed by atoms with Crippen LogP contribution in [0.2, 0.25) is 0 Å². The van der Waals surface area contributed by atoms with Crippen LogP contribution in [0.3, 0.4) is 0 Å². The molecule has 6 nitrogen and oxygen atoms in total. The molecule has 0 spiro atoms. The van der Waals surface area contributed by atoms with Gasteiger partial charge in [-0.25, -0.2) is 17.2 Å². The molecule has 3 rings (SSSR count). The zero-order valence-corrected chi connectivity index (χ0v) is 14.9. The molecule has 1 aliphatic rings. The third-order valence-electron chi connectivity index (χ3n) is 3.77. The summed E-state index contributed by atoms with van der Waals surface area (Å²) in [5.41, 5.74) is 0.439. The Morgan fingerprint density at radius 3 is 2.68 bits per heavy atom. The molecule has 0 radical (unpaired) electrons. The Bertz CT molecular complexity index is 821. The topological polar surface area (TPSA) is 76.3 Å². The number of thioether (sulfide) groups is 1. The molecule has 136 valence electrons. The van der Waals surface area contributed by atoms with Crippen LogP contribution in [0.15, 0.2) is 38.8 Å². The quantitative estimate of drug-likeness (QED) is 0.706. The van der Waals surface area contributed by atoms with E-state index in [1.54, 1.807) is 12.1 Å². The van der Waals surface area contributed by atoms with E-state index in [-0.39, 0.29) is 16.0 Å². The van der Waals surface area contributed by atoms with Crippen molar-refractivity contribution in [3.05, 3.63) is 24.3 Å². The molecule has 0 saturated carbocycles. The van der Waals surface area contributed by atoms with Gasteiger partial charge in [-0.3, -0.25) is 0 Å². The number of benzene rings is 1. The lowest BCUT2D eigenvalue weighted by atomic mass is 10.2. The molecule has 1 aromatic heterocycles. The smallest absolute Gasteiger partial charge is 0.277 e. The van der Waals surface area contributed by atoms with Gasteiger partial charge < -0.3 is 4.42 Å². The van der Waals surface area contributed by atoms with Gasteiger partial charge in [-0.1, -0.05) is 24.2 Å². The van der Waals surface area contributed by atoms with Gasteiger partial charge in [-0.05, 0) is 31.0 Å². The highest BCUT2D eigenvalue weighted by atomic mass is 32.2. The summed E-state index contributed by atoms with van der Waals surface area (Å²) in [7, 11) is -3.57. The number of alkyl halides is 2. The van der Waals surface area contributed by atoms with E-state index < -0.39 is 22.2 Å². The molecule has 25 heavy (non-hydrogen) atoms. The van der Waals surface area contributed by atoms with E-state index >= 15 is 0 Å². The minimum Gasteiger partial charge on any atom is -0.411 e. The number of rotatable bonds is 6. The molecule has 1 fully saturated rings. The minimum absolute atomic E-state index is 0.0274. The summed E-state index contributed by atoms with van der Waals surface area (Å²) in [6, 6.07) is 6.24. The van der Waals surface area contributed by atoms with Crippen molar-refractivity contribution in [3.8, 4) is 11.5 Å². The summed E-state index contributed by atoms with van der Waals surface area (Å²) < 4.78 is 56.7. The lowest BCUT2D eigenvalue weighted by Crippen LogP contribution is -2.35. The van der Waals surface area contributed by atoms with Crippen molar-refractivity contribution < 1.29 is 21.6 Å². The van der Waals surface area contributed by atoms with Gasteiger partial charge in [-0.2, -0.15) is 4.31 Å². The Morgan fingerprint density at radius 1 is 1.20 bits per heavy atom. The zero-order valence-electron chi connectivity index (χ0n) is 13.3. The molecule has 0 aliphatic carbocycles. The van der Waals surface area contributed by atoms with Crippen LogP contribution in [-0.4, -0.2) is 48.2 Å². The molecule has 2 aromatic rings. The molecule has 0 bridgehead atoms. The van der Waals surface area contributed by atoms with Crippen molar-refractivity contribution in [1.29, 1.82) is 0 Å². The van der Waals surface area contributed by atoms with Gasteiger partial charge in [0.15, 0.2) is 0 Å². The van der Waals surface area contributed by atoms with Crippen LogP contribution in [-0.2, 0) is 10.0 Å². The van der Waals surface area contributed by atoms with Crippen molar-refractivity contribution >= 4 is 21.8 Å². The van der Waals surface area contributed by atoms with E-state index in [0.29, 0.717) is 18.7 Å². The first-order valence-corrected chi connectivity index (χ1v) is 10.2. The maximum absolute atomic E-state index is 12.7. The average Bonchev–Trinajstić information content (AvgIpc) is 3.10. The average molecular weight is 389 g/mol. The van der Waals surface area contributed by atoms with Gasteiger partial charge in [0.25, 0.3) is 5.22 Å². The predicted octanol–water partition coefficient (Wildman–Crippen LogP) is 3.27. The van der Waals surface area contributed by atoms with Crippen LogP contribution in [0.1, 0.15) is 19.3 Å². The van der Waals surface area contributed by atoms with E-state index in [1.807, 2.05) is 0 Å². The monoisotopic (exact) mass is 389 g/mol. The molecule has 1 saturated heterocycles. The van der Waals surface area contributed by atoms with Crippen LogP contribution in [0.4, 0.5) is 8.78 Å². The minimum atomic E-state index is -3.57. The zero-order chi connectivity index (χ0) is 17.9. The third kappa shape index (κ3) is 4.36. The summed E-state index contributed by atoms with van der Waals surface area (Å²) in [5.74, 6) is -0.335. The number of piperidine rings is 1. The van der Waals surface area contributed by atoms with Crippen LogP contribution in [0.25, 0.3) is 11.5 Å². The molecule has 1 aromatic carbocycles. The second-order valence-electron chi connectivity index (χ2n) is 5.57. The van der Waals surface area contributed by atoms with Gasteiger partial charge >= 0.3 is 0 Å². The van der Waals surface area contributed by atoms with E-state index in [0.717, 1.165) is 31.0 Å². The maximum Gasteiger partial charge on any atom is 0.277 e. The number of nitrogens with zero attached hydrogens (tertiary/aromatic N) is 3. The molecule has 0 unspecified atom stereocenters. The number of aromatic nitrogens is 2. The second-order valence-corrected chi connectivity index (χ2v) is 8.48. The van der Waals surface area contributed by atoms with Crippen LogP contribution >= 0.6 is 11.8 Å². The SMILES string of the molecule is O=S(=O)(c1cccc(-c2nnc(SCC(F)F)o2)c1)N1CCCCC1. The van der Waals surface area contributed by atoms with E-state index in [4.69, 9.17) is 4.42 Å². The van der Waals surface area contributed by atoms with Gasteiger partial charge in [0, 0.05) is 18.7 Å². The first-order valence-electron chi connectivity index (χ1n) is 7.82. The van der Waals surface area contributed by atoms with Gasteiger partial charge in [0.2, 0.25) is 22.3 Å². The largest absolute Gasteiger partial charge is 0.411 e. The van der Waals surface area contributed by atoms with Crippen molar-refractivity contribution in [3.63, 3.8) is 0 Å². The molecule has 0 amide bonds. The second kappa shape index (κ2) is 7.79. The fraction of sp³-hybridized carbons (Fsp3) is 0.467. The normalized spacial score (nSPS) is 16.4. The fourth-order valence-corrected chi connectivity index (χ4v) is 4.63. The van der Waals surface area contributed by atoms with Crippen molar-refractivity contribution in [2.75, 3.05) is 18.8 Å². The molecule has 0 atom stereocenters. The van der Waals surface area contributed by atoms with Gasteiger partial charge in [0.1, 0.15) is 0 Å². The van der Waals surface area contributed by atoms with Crippen LogP contribution < -0.4 is 0 Å². The summed E-state index contributed by atoms with van der Waals surface area (Å²) in [6.45, 7) is 1.03. The Hall–Kier alpha value is -1.52. The number of hydrogen-bond acceptors (Lipinski definition) is 6. The lowest BCUT2D eigenvalue weighted by molar-refractivity contribution is 0.176. The highest BCUT2D eigenvalue weighted by Gasteiger charge is 2.26. The van der Waals surface area contributed by atoms with Crippen LogP contribution in [0, 0.1) is 0 Å². The highest BCUT2D eigenvalue weighted by Crippen LogP contribution is 2.27. The third-order valence-corrected chi connectivity index (χ3v) is 6.50. The highest BCUT2D eigenvalue weighted by molar-refractivity contribution is 7.99. The Kier molecular flexibility index (Phi) is 5.70. The number of sulfonamides is 1. The van der Waals surface area contributed by atoms with Gasteiger partial charge in [0.05, 0.1) is 10.6 Å².